The maximum atomic E-state index is 13.7. The number of phosphoric ester groups is 2. The van der Waals surface area contributed by atoms with Crippen LogP contribution in [0.25, 0.3) is 0 Å². The van der Waals surface area contributed by atoms with Crippen LogP contribution >= 0.6 is 15.6 Å². The van der Waals surface area contributed by atoms with Gasteiger partial charge in [-0.15, -0.1) is 0 Å². The molecule has 0 spiro atoms. The van der Waals surface area contributed by atoms with Crippen LogP contribution < -0.4 is 0 Å². The summed E-state index contributed by atoms with van der Waals surface area (Å²) in [6, 6.07) is 0. The van der Waals surface area contributed by atoms with Crippen LogP contribution in [0.5, 0.6) is 0 Å². The van der Waals surface area contributed by atoms with E-state index in [1.807, 2.05) is 0 Å². The van der Waals surface area contributed by atoms with Gasteiger partial charge in [0.15, 0.2) is 50.3 Å². The minimum Gasteiger partial charge on any atom is -0.394 e. The summed E-state index contributed by atoms with van der Waals surface area (Å²) in [4.78, 5) is 21.7. The smallest absolute Gasteiger partial charge is 0.394 e. The topological polar surface area (TPSA) is 757 Å². The van der Waals surface area contributed by atoms with Crippen LogP contribution in [0.1, 0.15) is 0 Å². The fraction of sp³-hybridized carbons (Fsp3) is 1.00. The highest BCUT2D eigenvalue weighted by atomic mass is 31.2. The Morgan fingerprint density at radius 2 is 0.474 bits per heavy atom. The SMILES string of the molecule is O=P(O)(OC[C@H]1O[C@@H](O[C@H]2[C@H](O)[C@H](O)[C@@H](OP(=O)(O)OC[C@H]3O[C@@H](O[C@H]4[C@H](O)[C@H](O)[C@@H](O)O[C@@H]4CO)[C@H](O)[C@@H](O)[C@H]3O)O[C@@H]2CO)[C@H](O)[C@@H](O[C@@H]2O[C@H](CO)[C@H](O)[C@H](O)[C@H]2O)[C@H]1O)O[C@H]1O[C@H](CO)[C@@H](O[C@@H]2O[C@H](CO)[C@H](O)[C@H](O[C@@H]3O[C@H](CO)[C@H](O)[C@H](O)[C@H]3O)[C@H]2O)[C@H](O)[C@@H]1O. The Bertz CT molecular complexity index is 2520. The van der Waals surface area contributed by atoms with Crippen LogP contribution in [0.4, 0.5) is 0 Å². The first kappa shape index (κ1) is 81.3. The number of aliphatic hydroxyl groups is 26. The first-order valence-electron chi connectivity index (χ1n) is 29.7. The standard InChI is InChI=1S/C48H84O47P2/c49-1-9-17(55)22(60)29(67)42(82-9)92-39-20(58)11(3-51)84-45(34(39)72)90-37-13(5-53)85-48(32(70)26(37)64)95-97(77,78)80-8-16-21(59)40(93-43-30(68)23(61)18(56)10(2-50)83-43)35(73)46(88-16)91-38-14(6-54)86-47(33(71)27(38)65)94-96(75,76)79-7-15-19(57)24(62)31(69)44(87-15)89-36-12(4-52)81-41(74)28(66)25(36)63/h9-74H,1-8H2,(H,75,76)(H,77,78)/t9-,10-,11-,12-,13-,14-,15-,16-,17+,18+,19+,20+,21+,22+,23+,24+,25-,26-,27-,28+,29-,30-,31-,32+,33+,34-,35-,36-,37-,38-,39+,40+,41+,42+,43+,44+,45+,46+,47-,48-/m1/s1. The first-order chi connectivity index (χ1) is 45.6. The van der Waals surface area contributed by atoms with Crippen LogP contribution in [0.3, 0.4) is 0 Å². The lowest BCUT2D eigenvalue weighted by Gasteiger charge is -2.48. The van der Waals surface area contributed by atoms with Crippen molar-refractivity contribution < 1.29 is 231 Å². The summed E-state index contributed by atoms with van der Waals surface area (Å²) in [7, 11) is -11.5. The molecule has 8 rings (SSSR count). The Labute approximate surface area is 544 Å². The number of hydrogen-bond acceptors (Lipinski definition) is 45. The summed E-state index contributed by atoms with van der Waals surface area (Å²) < 4.78 is 118. The second-order valence-electron chi connectivity index (χ2n) is 23.5. The highest BCUT2D eigenvalue weighted by Gasteiger charge is 2.59. The lowest BCUT2D eigenvalue weighted by atomic mass is 9.96. The molecule has 8 heterocycles. The highest BCUT2D eigenvalue weighted by Crippen LogP contribution is 2.50. The Morgan fingerprint density at radius 1 is 0.237 bits per heavy atom. The van der Waals surface area contributed by atoms with Gasteiger partial charge in [0.25, 0.3) is 0 Å². The predicted molar refractivity (Wildman–Crippen MR) is 286 cm³/mol. The van der Waals surface area contributed by atoms with Gasteiger partial charge in [-0.1, -0.05) is 0 Å². The maximum Gasteiger partial charge on any atom is 0.474 e. The van der Waals surface area contributed by atoms with Crippen LogP contribution in [0.2, 0.25) is 0 Å². The predicted octanol–water partition coefficient (Wildman–Crippen LogP) is -18.2. The monoisotopic (exact) mass is 1470 g/mol. The van der Waals surface area contributed by atoms with Gasteiger partial charge >= 0.3 is 15.6 Å². The van der Waals surface area contributed by atoms with Gasteiger partial charge in [0.05, 0.1) is 52.9 Å². The molecule has 97 heavy (non-hydrogen) atoms. The van der Waals surface area contributed by atoms with Gasteiger partial charge in [-0.3, -0.25) is 18.1 Å². The van der Waals surface area contributed by atoms with Crippen molar-refractivity contribution in [2.45, 2.75) is 246 Å². The maximum absolute atomic E-state index is 13.7. The molecule has 568 valence electrons. The zero-order valence-electron chi connectivity index (χ0n) is 49.9. The quantitative estimate of drug-likeness (QED) is 0.0358. The second-order valence-corrected chi connectivity index (χ2v) is 26.3. The molecule has 0 aromatic heterocycles. The van der Waals surface area contributed by atoms with Crippen molar-refractivity contribution in [3.05, 3.63) is 0 Å². The van der Waals surface area contributed by atoms with Gasteiger partial charge in [0, 0.05) is 0 Å². The lowest BCUT2D eigenvalue weighted by Crippen LogP contribution is -2.67. The van der Waals surface area contributed by atoms with Crippen LogP contribution in [-0.2, 0) is 88.8 Å². The highest BCUT2D eigenvalue weighted by molar-refractivity contribution is 7.47. The van der Waals surface area contributed by atoms with E-state index in [-0.39, 0.29) is 0 Å². The van der Waals surface area contributed by atoms with Crippen molar-refractivity contribution >= 4 is 15.6 Å². The fourth-order valence-corrected chi connectivity index (χ4v) is 13.1. The Morgan fingerprint density at radius 3 is 0.814 bits per heavy atom. The van der Waals surface area contributed by atoms with Crippen LogP contribution in [0.15, 0.2) is 0 Å². The van der Waals surface area contributed by atoms with E-state index < -0.39 is 314 Å². The normalized spacial score (nSPS) is 51.5. The summed E-state index contributed by atoms with van der Waals surface area (Å²) in [5.41, 5.74) is 0. The van der Waals surface area contributed by atoms with E-state index in [4.69, 9.17) is 79.7 Å². The molecule has 0 aromatic carbocycles. The van der Waals surface area contributed by atoms with E-state index >= 15 is 0 Å². The molecule has 0 aliphatic carbocycles. The molecule has 0 aromatic rings. The molecule has 0 saturated carbocycles. The van der Waals surface area contributed by atoms with Crippen molar-refractivity contribution in [3.63, 3.8) is 0 Å². The van der Waals surface area contributed by atoms with Gasteiger partial charge in [-0.2, -0.15) is 0 Å². The van der Waals surface area contributed by atoms with Crippen molar-refractivity contribution in [1.82, 2.24) is 0 Å². The molecule has 0 bridgehead atoms. The van der Waals surface area contributed by atoms with Crippen molar-refractivity contribution in [2.24, 2.45) is 0 Å². The summed E-state index contributed by atoms with van der Waals surface area (Å²) in [6.45, 7) is -9.25. The van der Waals surface area contributed by atoms with Crippen molar-refractivity contribution in [1.29, 1.82) is 0 Å². The summed E-state index contributed by atoms with van der Waals surface area (Å²) in [5, 5.41) is 275. The second kappa shape index (κ2) is 34.3. The molecule has 0 amide bonds. The molecule has 47 nitrogen and oxygen atoms in total. The Balaban J connectivity index is 0.926. The number of aliphatic hydroxyl groups excluding tert-OH is 26. The van der Waals surface area contributed by atoms with E-state index in [2.05, 4.69) is 0 Å². The average Bonchev–Trinajstić information content (AvgIpc) is 0.784. The van der Waals surface area contributed by atoms with E-state index in [1.165, 1.54) is 0 Å². The Hall–Kier alpha value is -1.34. The lowest BCUT2D eigenvalue weighted by molar-refractivity contribution is -0.379. The van der Waals surface area contributed by atoms with Gasteiger partial charge in [-0.25, -0.2) is 9.13 Å². The minimum atomic E-state index is -5.84. The van der Waals surface area contributed by atoms with Gasteiger partial charge in [0.1, 0.15) is 195 Å². The average molecular weight is 1480 g/mol. The van der Waals surface area contributed by atoms with E-state index in [9.17, 15) is 152 Å². The minimum absolute atomic E-state index is 0.925. The molecule has 49 heteroatoms. The zero-order valence-corrected chi connectivity index (χ0v) is 51.7. The van der Waals surface area contributed by atoms with E-state index in [1.54, 1.807) is 0 Å². The molecule has 28 N–H and O–H groups in total. The van der Waals surface area contributed by atoms with Crippen LogP contribution in [-0.4, -0.2) is 441 Å². The molecule has 8 aliphatic rings. The molecular formula is C48H84O47P2. The van der Waals surface area contributed by atoms with E-state index in [0.29, 0.717) is 0 Å². The third kappa shape index (κ3) is 18.0. The van der Waals surface area contributed by atoms with Crippen molar-refractivity contribution in [3.8, 4) is 0 Å². The summed E-state index contributed by atoms with van der Waals surface area (Å²) in [6.07, 6.45) is -85.4. The third-order valence-electron chi connectivity index (χ3n) is 17.0. The van der Waals surface area contributed by atoms with Gasteiger partial charge < -0.3 is 204 Å². The van der Waals surface area contributed by atoms with Crippen molar-refractivity contribution in [2.75, 3.05) is 52.9 Å². The summed E-state index contributed by atoms with van der Waals surface area (Å²) >= 11 is 0. The fourth-order valence-electron chi connectivity index (χ4n) is 11.4. The van der Waals surface area contributed by atoms with Gasteiger partial charge in [-0.05, 0) is 0 Å². The number of rotatable bonds is 26. The molecule has 8 aliphatic heterocycles. The first-order valence-corrected chi connectivity index (χ1v) is 32.7. The van der Waals surface area contributed by atoms with Gasteiger partial charge in [0.2, 0.25) is 0 Å². The number of ether oxygens (including phenoxy) is 13. The third-order valence-corrected chi connectivity index (χ3v) is 18.9. The summed E-state index contributed by atoms with van der Waals surface area (Å²) in [5.74, 6) is 0. The zero-order chi connectivity index (χ0) is 71.8. The largest absolute Gasteiger partial charge is 0.474 e. The van der Waals surface area contributed by atoms with E-state index in [0.717, 1.165) is 0 Å². The van der Waals surface area contributed by atoms with Crippen LogP contribution in [0, 0.1) is 0 Å². The number of phosphoric acid groups is 2. The molecular weight excluding hydrogens is 1390 g/mol. The Kier molecular flexibility index (Phi) is 28.7. The molecule has 0 radical (unpaired) electrons. The number of hydrogen-bond donors (Lipinski definition) is 28. The molecule has 42 atom stereocenters. The molecule has 2 unspecified atom stereocenters. The molecule has 8 saturated heterocycles. The molecule has 8 fully saturated rings.